The van der Waals surface area contributed by atoms with Crippen LogP contribution < -0.4 is 28.4 Å². The van der Waals surface area contributed by atoms with Crippen molar-refractivity contribution in [2.45, 2.75) is 249 Å². The van der Waals surface area contributed by atoms with Gasteiger partial charge in [-0.15, -0.1) is 0 Å². The Morgan fingerprint density at radius 1 is 0.293 bits per heavy atom. The number of epoxide rings is 4. The summed E-state index contributed by atoms with van der Waals surface area (Å²) >= 11 is 21.7. The van der Waals surface area contributed by atoms with Gasteiger partial charge in [0.15, 0.2) is 0 Å². The van der Waals surface area contributed by atoms with E-state index in [0.29, 0.717) is 0 Å². The van der Waals surface area contributed by atoms with E-state index in [-0.39, 0.29) is 87.4 Å². The first-order valence-corrected chi connectivity index (χ1v) is 71.9. The maximum atomic E-state index is 5.85. The molecule has 99 heavy (non-hydrogen) atoms. The van der Waals surface area contributed by atoms with Crippen molar-refractivity contribution >= 4 is 189 Å². The van der Waals surface area contributed by atoms with Gasteiger partial charge in [-0.2, -0.15) is 0 Å². The number of halogens is 9. The standard InChI is InChI=1S/4C11H12O2.2C11H12O.6C2H6.I2.7HI.2V/c4*1-11(2)10-9(12-10)7-5-3-4-6-8(7)13-11;2*1-11(2)8-7-9-5-3-4-6-10(9)12-11;7*1-2;;;;;;;;;/h4*3-6,9-10H,1-2H3;2*3-8H,1-2H3;6*1-2H3;;7*1H;;/q;;;;;;;;;;;;;;;;;;;;+3;+4/p-7/t4*9-,10-;;;;;;;;;;;;;;;;;;/m1100................../s1. The van der Waals surface area contributed by atoms with Gasteiger partial charge in [0.1, 0.15) is 117 Å². The van der Waals surface area contributed by atoms with Gasteiger partial charge in [0.05, 0.1) is 0 Å². The minimum absolute atomic E-state index is 0.158. The quantitative estimate of drug-likeness (QED) is 0.108. The van der Waals surface area contributed by atoms with E-state index in [2.05, 4.69) is 321 Å². The van der Waals surface area contributed by atoms with Crippen molar-refractivity contribution in [1.82, 2.24) is 0 Å². The van der Waals surface area contributed by atoms with Gasteiger partial charge in [0.2, 0.25) is 0 Å². The molecule has 10 heterocycles. The Morgan fingerprint density at radius 2 is 0.465 bits per heavy atom. The molecule has 10 aliphatic rings. The fourth-order valence-corrected chi connectivity index (χ4v) is 10.7. The van der Waals surface area contributed by atoms with Crippen LogP contribution in [0.2, 0.25) is 0 Å². The number of hydrogen-bond donors (Lipinski definition) is 0. The molecule has 6 aromatic carbocycles. The van der Waals surface area contributed by atoms with Crippen LogP contribution in [0.15, 0.2) is 158 Å². The summed E-state index contributed by atoms with van der Waals surface area (Å²) in [6, 6.07) is 48.6. The van der Waals surface area contributed by atoms with E-state index >= 15 is 0 Å². The van der Waals surface area contributed by atoms with Crippen LogP contribution in [0.25, 0.3) is 12.2 Å². The van der Waals surface area contributed by atoms with E-state index in [4.69, 9.17) is 47.4 Å². The Kier molecular flexibility index (Phi) is 44.7. The Labute approximate surface area is 705 Å². The molecule has 4 saturated heterocycles. The topological polar surface area (TPSA) is 106 Å². The van der Waals surface area contributed by atoms with Crippen molar-refractivity contribution in [2.24, 2.45) is 0 Å². The van der Waals surface area contributed by atoms with E-state index < -0.39 is 0.376 Å². The third-order valence-corrected chi connectivity index (χ3v) is 15.0. The Bertz CT molecular complexity index is 3010. The van der Waals surface area contributed by atoms with Crippen LogP contribution in [-0.2, 0) is 24.2 Å². The second-order valence-electron chi connectivity index (χ2n) is 24.6. The molecule has 0 bridgehead atoms. The van der Waals surface area contributed by atoms with Gasteiger partial charge in [-0.1, -0.05) is 204 Å². The molecule has 16 rings (SSSR count). The third-order valence-electron chi connectivity index (χ3n) is 15.0. The molecule has 21 heteroatoms. The summed E-state index contributed by atoms with van der Waals surface area (Å²) in [5.74, 6) is 5.87. The van der Waals surface area contributed by atoms with Crippen LogP contribution in [0.3, 0.4) is 0 Å². The molecule has 0 aliphatic carbocycles. The third kappa shape index (κ3) is 31.2. The van der Waals surface area contributed by atoms with E-state index in [1.54, 1.807) is 0 Å². The average molecular weight is 2450 g/mol. The van der Waals surface area contributed by atoms with E-state index in [9.17, 15) is 0 Å². The number of rotatable bonds is 0. The summed E-state index contributed by atoms with van der Waals surface area (Å²) in [5, 5.41) is 0. The van der Waals surface area contributed by atoms with Gasteiger partial charge in [-0.05, 0) is 132 Å². The zero-order chi connectivity index (χ0) is 75.5. The molecule has 8 atom stereocenters. The first-order valence-electron chi connectivity index (χ1n) is 34.1. The molecule has 10 aliphatic heterocycles. The Balaban J connectivity index is 0.000000381. The maximum absolute atomic E-state index is 5.85. The molecule has 0 radical (unpaired) electrons. The van der Waals surface area contributed by atoms with Crippen molar-refractivity contribution in [2.75, 3.05) is 0 Å². The summed E-state index contributed by atoms with van der Waals surface area (Å²) in [5.41, 5.74) is 6.14. The Morgan fingerprint density at radius 3 is 0.667 bits per heavy atom. The van der Waals surface area contributed by atoms with Gasteiger partial charge in [0.25, 0.3) is 0 Å². The van der Waals surface area contributed by atoms with Gasteiger partial charge >= 0.3 is 145 Å². The molecule has 553 valence electrons. The van der Waals surface area contributed by atoms with Gasteiger partial charge in [-0.25, -0.2) is 0 Å². The van der Waals surface area contributed by atoms with Crippen LogP contribution in [0.1, 0.15) is 224 Å². The second kappa shape index (κ2) is 46.0. The second-order valence-corrected chi connectivity index (χ2v) is 131. The van der Waals surface area contributed by atoms with Crippen LogP contribution >= 0.6 is 177 Å². The minimum atomic E-state index is -0.995. The van der Waals surface area contributed by atoms with Crippen LogP contribution in [0.5, 0.6) is 34.5 Å². The predicted molar refractivity (Wildman–Crippen MR) is 490 cm³/mol. The normalized spacial score (nSPS) is 23.0. The number of hydrogen-bond acceptors (Lipinski definition) is 10. The fraction of sp³-hybridized carbons (Fsp3) is 0.487. The average Bonchev–Trinajstić information content (AvgIpc) is 1.60. The molecule has 0 N–H and O–H groups in total. The van der Waals surface area contributed by atoms with Crippen LogP contribution in [0.4, 0.5) is 0 Å². The summed E-state index contributed by atoms with van der Waals surface area (Å²) in [6.45, 7) is 48.8. The van der Waals surface area contributed by atoms with Gasteiger partial charge in [-0.3, -0.25) is 0 Å². The van der Waals surface area contributed by atoms with Crippen LogP contribution in [-0.4, -0.2) is 58.0 Å². The molecule has 6 aromatic rings. The SMILES string of the molecule is CC.CC.CC.CC.CC.CC.CC1(C)C=Cc2ccccc2O1.CC1(C)C=Cc2ccccc2O1.CC1(C)Oc2ccccc2[C@@H]2O[C@@H]21.CC1(C)Oc2ccccc2[C@@H]2O[C@@H]21.CC1(C)Oc2ccccc2[C@H]2O[C@H]21.CC1(C)Oc2ccccc2[C@H]2O[C@H]21.II.[I][V]([I])([I])[I].[I][V]([I])[I]. The number of fused-ring (bicyclic) bond motifs is 14. The molecule has 10 nitrogen and oxygen atoms in total. The predicted octanol–water partition coefficient (Wildman–Crippen LogP) is 29.1. The molecular formula is C78H108I9O10V2. The van der Waals surface area contributed by atoms with Crippen molar-refractivity contribution < 1.29 is 52.7 Å². The van der Waals surface area contributed by atoms with Gasteiger partial charge in [0, 0.05) is 70.6 Å². The summed E-state index contributed by atoms with van der Waals surface area (Å²) < 4.78 is 56.2. The number of ether oxygens (including phenoxy) is 10. The summed E-state index contributed by atoms with van der Waals surface area (Å²) in [4.78, 5) is -0.278. The summed E-state index contributed by atoms with van der Waals surface area (Å²) in [6.07, 6.45) is 10.5. The number of para-hydroxylation sites is 6. The first-order chi connectivity index (χ1) is 46.8. The zero-order valence-electron chi connectivity index (χ0n) is 62.2. The van der Waals surface area contributed by atoms with E-state index in [1.807, 2.05) is 192 Å². The fourth-order valence-electron chi connectivity index (χ4n) is 10.7. The molecule has 0 saturated carbocycles. The first kappa shape index (κ1) is 96.3. The molecular weight excluding hydrogens is 2340 g/mol. The zero-order valence-corrected chi connectivity index (χ0v) is 84.4. The van der Waals surface area contributed by atoms with Crippen molar-refractivity contribution in [3.8, 4) is 34.5 Å². The molecule has 0 aromatic heterocycles. The monoisotopic (exact) mass is 2450 g/mol. The molecule has 0 amide bonds. The van der Waals surface area contributed by atoms with E-state index in [1.165, 1.54) is 22.3 Å². The number of benzene rings is 6. The van der Waals surface area contributed by atoms with Crippen molar-refractivity contribution in [1.29, 1.82) is 0 Å². The van der Waals surface area contributed by atoms with Crippen LogP contribution in [0, 0.1) is 0 Å². The summed E-state index contributed by atoms with van der Waals surface area (Å²) in [7, 11) is 0. The Hall–Kier alpha value is 1.18. The van der Waals surface area contributed by atoms with Crippen molar-refractivity contribution in [3.05, 3.63) is 191 Å². The molecule has 0 spiro atoms. The molecule has 4 fully saturated rings. The van der Waals surface area contributed by atoms with Gasteiger partial charge < -0.3 is 47.4 Å². The molecule has 0 unspecified atom stereocenters. The van der Waals surface area contributed by atoms with E-state index in [0.717, 1.165) is 45.6 Å². The van der Waals surface area contributed by atoms with Crippen molar-refractivity contribution in [3.63, 3.8) is 0 Å².